The van der Waals surface area contributed by atoms with Crippen molar-refractivity contribution in [2.45, 2.75) is 58.9 Å². The molecule has 0 aromatic heterocycles. The highest BCUT2D eigenvalue weighted by Crippen LogP contribution is 2.26. The maximum absolute atomic E-state index is 12.7. The maximum atomic E-state index is 12.7. The van der Waals surface area contributed by atoms with Gasteiger partial charge in [0.25, 0.3) is 0 Å². The van der Waals surface area contributed by atoms with Gasteiger partial charge in [0.05, 0.1) is 18.7 Å². The Hall–Kier alpha value is -2.81. The molecule has 3 rings (SSSR count). The Morgan fingerprint density at radius 2 is 1.80 bits per heavy atom. The largest absolute Gasteiger partial charge is 0.504 e. The van der Waals surface area contributed by atoms with Gasteiger partial charge in [0.15, 0.2) is 11.5 Å². The molecule has 1 atom stereocenters. The van der Waals surface area contributed by atoms with Crippen LogP contribution in [-0.2, 0) is 4.79 Å². The number of anilines is 1. The van der Waals surface area contributed by atoms with Crippen LogP contribution in [-0.4, -0.2) is 58.7 Å². The Labute approximate surface area is 214 Å². The molecule has 35 heavy (non-hydrogen) atoms. The number of hydrogen-bond acceptors (Lipinski definition) is 5. The monoisotopic (exact) mass is 510 g/mol. The Morgan fingerprint density at radius 1 is 1.14 bits per heavy atom. The lowest BCUT2D eigenvalue weighted by Crippen LogP contribution is -2.47. The molecule has 1 aliphatic rings. The molecule has 1 fully saturated rings. The van der Waals surface area contributed by atoms with Gasteiger partial charge in [0.2, 0.25) is 5.91 Å². The minimum absolute atomic E-state index is 0. The smallest absolute Gasteiger partial charge is 0.335 e. The van der Waals surface area contributed by atoms with E-state index in [1.165, 1.54) is 44.6 Å². The third kappa shape index (κ3) is 9.39. The van der Waals surface area contributed by atoms with E-state index in [9.17, 15) is 9.59 Å². The highest BCUT2D eigenvalue weighted by atomic mass is 35.5. The average Bonchev–Trinajstić information content (AvgIpc) is 2.81. The van der Waals surface area contributed by atoms with Gasteiger partial charge in [0.1, 0.15) is 0 Å². The molecule has 0 spiro atoms. The summed E-state index contributed by atoms with van der Waals surface area (Å²) in [6.07, 6.45) is 5.72. The number of ether oxygens (including phenoxy) is 1. The number of carboxylic acids is 1. The molecule has 5 N–H and O–H groups in total. The van der Waals surface area contributed by atoms with Crippen molar-refractivity contribution in [3.8, 4) is 11.5 Å². The Bertz CT molecular complexity index is 933. The number of halogens is 1. The van der Waals surface area contributed by atoms with Gasteiger partial charge in [-0.2, -0.15) is 0 Å². The second-order valence-corrected chi connectivity index (χ2v) is 8.35. The minimum Gasteiger partial charge on any atom is -0.504 e. The summed E-state index contributed by atoms with van der Waals surface area (Å²) in [5.41, 5.74) is 3.35. The summed E-state index contributed by atoms with van der Waals surface area (Å²) in [7, 11) is 1.36. The molecule has 1 unspecified atom stereocenters. The molecule has 1 aliphatic heterocycles. The van der Waals surface area contributed by atoms with Crippen molar-refractivity contribution in [1.82, 2.24) is 4.90 Å². The molecule has 0 aliphatic carbocycles. The number of nitrogens with zero attached hydrogens (tertiary/aromatic N) is 1. The zero-order valence-corrected chi connectivity index (χ0v) is 21.8. The van der Waals surface area contributed by atoms with Crippen LogP contribution in [0.3, 0.4) is 0 Å². The third-order valence-corrected chi connectivity index (χ3v) is 5.87. The van der Waals surface area contributed by atoms with Crippen LogP contribution in [0.15, 0.2) is 36.4 Å². The number of aryl methyl sites for hydroxylation is 2. The molecule has 0 bridgehead atoms. The number of para-hydroxylation sites is 1. The predicted octanol–water partition coefficient (Wildman–Crippen LogP) is 4.59. The number of aromatic carboxylic acids is 1. The first-order chi connectivity index (χ1) is 15.8. The fourth-order valence-corrected chi connectivity index (χ4v) is 3.95. The molecule has 0 radical (unpaired) electrons. The minimum atomic E-state index is -1.05. The number of nitrogens with one attached hydrogen (secondary N) is 1. The quantitative estimate of drug-likeness (QED) is 0.499. The molecule has 2 aromatic carbocycles. The summed E-state index contributed by atoms with van der Waals surface area (Å²) in [4.78, 5) is 25.5. The lowest BCUT2D eigenvalue weighted by atomic mass is 10.00. The Morgan fingerprint density at radius 3 is 2.37 bits per heavy atom. The van der Waals surface area contributed by atoms with E-state index in [1.54, 1.807) is 0 Å². The molecule has 1 heterocycles. The maximum Gasteiger partial charge on any atom is 0.335 e. The van der Waals surface area contributed by atoms with E-state index in [0.717, 1.165) is 42.7 Å². The number of carboxylic acid groups (broad SMARTS) is 1. The van der Waals surface area contributed by atoms with Crippen LogP contribution in [0.25, 0.3) is 0 Å². The first-order valence-corrected chi connectivity index (χ1v) is 11.5. The van der Waals surface area contributed by atoms with E-state index in [0.29, 0.717) is 0 Å². The molecular weight excluding hydrogens is 472 g/mol. The highest BCUT2D eigenvalue weighted by molar-refractivity contribution is 5.96. The van der Waals surface area contributed by atoms with Crippen LogP contribution in [0.2, 0.25) is 0 Å². The van der Waals surface area contributed by atoms with E-state index < -0.39 is 5.97 Å². The van der Waals surface area contributed by atoms with Gasteiger partial charge in [-0.1, -0.05) is 38.0 Å². The number of phenols is 1. The Balaban J connectivity index is 0.000000712. The van der Waals surface area contributed by atoms with E-state index in [2.05, 4.69) is 43.1 Å². The van der Waals surface area contributed by atoms with Crippen LogP contribution in [0.4, 0.5) is 5.69 Å². The van der Waals surface area contributed by atoms with Crippen LogP contribution in [0.5, 0.6) is 11.5 Å². The number of hydrogen-bond donors (Lipinski definition) is 3. The van der Waals surface area contributed by atoms with Gasteiger partial charge in [-0.25, -0.2) is 4.79 Å². The number of rotatable bonds is 7. The normalized spacial score (nSPS) is 14.9. The van der Waals surface area contributed by atoms with Crippen molar-refractivity contribution in [1.29, 1.82) is 0 Å². The van der Waals surface area contributed by atoms with Crippen LogP contribution in [0, 0.1) is 13.8 Å². The van der Waals surface area contributed by atoms with Gasteiger partial charge < -0.3 is 25.7 Å². The summed E-state index contributed by atoms with van der Waals surface area (Å²) in [5, 5.41) is 20.8. The number of phenolic OH excluding ortho intramolecular Hbond substituents is 1. The van der Waals surface area contributed by atoms with Gasteiger partial charge >= 0.3 is 5.97 Å². The van der Waals surface area contributed by atoms with Crippen LogP contribution < -0.4 is 10.1 Å². The highest BCUT2D eigenvalue weighted by Gasteiger charge is 2.28. The molecule has 0 saturated carbocycles. The number of benzene rings is 2. The van der Waals surface area contributed by atoms with Crippen molar-refractivity contribution in [3.63, 3.8) is 0 Å². The molecule has 1 saturated heterocycles. The summed E-state index contributed by atoms with van der Waals surface area (Å²) in [6.45, 7) is 8.42. The lowest BCUT2D eigenvalue weighted by Gasteiger charge is -2.34. The van der Waals surface area contributed by atoms with Crippen LogP contribution in [0.1, 0.15) is 60.5 Å². The number of amides is 1. The van der Waals surface area contributed by atoms with E-state index in [1.807, 2.05) is 6.07 Å². The first-order valence-electron chi connectivity index (χ1n) is 11.5. The topological polar surface area (TPSA) is 131 Å². The number of unbranched alkanes of at least 4 members (excludes halogenated alkanes) is 1. The SMILES string of the molecule is CCCCN1CCCCC1C(=O)Nc1c(C)cccc1C.COc1cc(C(=O)O)ccc1O.Cl.O. The van der Waals surface area contributed by atoms with E-state index >= 15 is 0 Å². The summed E-state index contributed by atoms with van der Waals surface area (Å²) in [5.74, 6) is -0.783. The fraction of sp³-hybridized carbons (Fsp3) is 0.462. The van der Waals surface area contributed by atoms with Gasteiger partial charge in [-0.05, 0) is 75.5 Å². The first kappa shape index (κ1) is 32.2. The molecular formula is C26H39ClN2O6. The summed E-state index contributed by atoms with van der Waals surface area (Å²) in [6, 6.07) is 10.0. The molecule has 9 heteroatoms. The third-order valence-electron chi connectivity index (χ3n) is 5.87. The molecule has 2 aromatic rings. The number of piperidine rings is 1. The van der Waals surface area contributed by atoms with Crippen molar-refractivity contribution < 1.29 is 30.0 Å². The number of carbonyl (C=O) groups is 2. The zero-order valence-electron chi connectivity index (χ0n) is 21.0. The molecule has 196 valence electrons. The zero-order chi connectivity index (χ0) is 24.4. The standard InChI is InChI=1S/C18H28N2O.C8H8O4.ClH.H2O/c1-4-5-12-20-13-7-6-11-16(20)18(21)19-17-14(2)9-8-10-15(17)3;1-12-7-4-5(8(10)11)2-3-6(7)9;;/h8-10,16H,4-7,11-13H2,1-3H3,(H,19,21);2-4,9H,1H3,(H,10,11);1H;1H2. The second kappa shape index (κ2) is 16.0. The van der Waals surface area contributed by atoms with Gasteiger partial charge in [0, 0.05) is 5.69 Å². The number of aromatic hydroxyl groups is 1. The second-order valence-electron chi connectivity index (χ2n) is 8.35. The molecule has 8 nitrogen and oxygen atoms in total. The number of likely N-dealkylation sites (tertiary alicyclic amines) is 1. The van der Waals surface area contributed by atoms with E-state index in [4.69, 9.17) is 14.9 Å². The molecule has 1 amide bonds. The number of carbonyl (C=O) groups excluding carboxylic acids is 1. The van der Waals surface area contributed by atoms with Crippen molar-refractivity contribution >= 4 is 30.0 Å². The van der Waals surface area contributed by atoms with Gasteiger partial charge in [-0.3, -0.25) is 9.69 Å². The van der Waals surface area contributed by atoms with E-state index in [-0.39, 0.29) is 46.9 Å². The van der Waals surface area contributed by atoms with Gasteiger partial charge in [-0.15, -0.1) is 12.4 Å². The number of methoxy groups -OCH3 is 1. The lowest BCUT2D eigenvalue weighted by molar-refractivity contribution is -0.122. The average molecular weight is 511 g/mol. The predicted molar refractivity (Wildman–Crippen MR) is 141 cm³/mol. The summed E-state index contributed by atoms with van der Waals surface area (Å²) < 4.78 is 4.72. The van der Waals surface area contributed by atoms with Crippen molar-refractivity contribution in [3.05, 3.63) is 53.1 Å². The Kier molecular flexibility index (Phi) is 14.7. The van der Waals surface area contributed by atoms with Crippen molar-refractivity contribution in [2.24, 2.45) is 0 Å². The van der Waals surface area contributed by atoms with Crippen LogP contribution >= 0.6 is 12.4 Å². The summed E-state index contributed by atoms with van der Waals surface area (Å²) >= 11 is 0. The fourth-order valence-electron chi connectivity index (χ4n) is 3.95. The van der Waals surface area contributed by atoms with Crippen molar-refractivity contribution in [2.75, 3.05) is 25.5 Å².